The summed E-state index contributed by atoms with van der Waals surface area (Å²) < 4.78 is 0. The molecule has 2 atom stereocenters. The zero-order valence-corrected chi connectivity index (χ0v) is 12.5. The highest BCUT2D eigenvalue weighted by atomic mass is 32.2. The molecular formula is C13H13N3O6S. The predicted octanol–water partition coefficient (Wildman–Crippen LogP) is 0.608. The Bertz CT molecular complexity index is 665. The fourth-order valence-corrected chi connectivity index (χ4v) is 3.10. The molecule has 0 spiro atoms. The summed E-state index contributed by atoms with van der Waals surface area (Å²) in [5.41, 5.74) is 0.103. The van der Waals surface area contributed by atoms with E-state index in [0.29, 0.717) is 0 Å². The van der Waals surface area contributed by atoms with Crippen molar-refractivity contribution in [2.24, 2.45) is 0 Å². The first kappa shape index (κ1) is 16.7. The Morgan fingerprint density at radius 2 is 2.22 bits per heavy atom. The summed E-state index contributed by atoms with van der Waals surface area (Å²) >= 11 is 1.09. The molecule has 10 heteroatoms. The number of non-ortho nitro benzene ring substituents is 1. The lowest BCUT2D eigenvalue weighted by molar-refractivity contribution is -0.384. The van der Waals surface area contributed by atoms with Gasteiger partial charge in [0.15, 0.2) is 0 Å². The lowest BCUT2D eigenvalue weighted by Gasteiger charge is -2.25. The average molecular weight is 339 g/mol. The Balaban J connectivity index is 1.93. The van der Waals surface area contributed by atoms with E-state index in [4.69, 9.17) is 5.11 Å². The van der Waals surface area contributed by atoms with Crippen LogP contribution in [0.3, 0.4) is 0 Å². The van der Waals surface area contributed by atoms with Crippen molar-refractivity contribution in [3.63, 3.8) is 0 Å². The molecule has 0 bridgehead atoms. The number of rotatable bonds is 5. The topological polar surface area (TPSA) is 139 Å². The lowest BCUT2D eigenvalue weighted by Crippen LogP contribution is -2.51. The Morgan fingerprint density at radius 1 is 1.48 bits per heavy atom. The third kappa shape index (κ3) is 4.42. The van der Waals surface area contributed by atoms with Gasteiger partial charge >= 0.3 is 5.97 Å². The van der Waals surface area contributed by atoms with Crippen molar-refractivity contribution in [1.82, 2.24) is 5.32 Å². The normalized spacial score (nSPS) is 20.4. The van der Waals surface area contributed by atoms with Crippen LogP contribution in [0.15, 0.2) is 24.3 Å². The van der Waals surface area contributed by atoms with E-state index in [2.05, 4.69) is 10.6 Å². The number of hydrogen-bond acceptors (Lipinski definition) is 6. The highest BCUT2D eigenvalue weighted by Crippen LogP contribution is 2.22. The summed E-state index contributed by atoms with van der Waals surface area (Å²) in [6, 6.07) is 4.49. The van der Waals surface area contributed by atoms with Gasteiger partial charge in [-0.2, -0.15) is 0 Å². The second kappa shape index (κ2) is 7.09. The first-order valence-electron chi connectivity index (χ1n) is 6.56. The number of carboxylic acid groups (broad SMARTS) is 1. The molecule has 0 aliphatic carbocycles. The van der Waals surface area contributed by atoms with Crippen LogP contribution in [0.5, 0.6) is 0 Å². The zero-order chi connectivity index (χ0) is 17.0. The first-order valence-corrected chi connectivity index (χ1v) is 7.61. The summed E-state index contributed by atoms with van der Waals surface area (Å²) in [5, 5.41) is 23.6. The van der Waals surface area contributed by atoms with Crippen molar-refractivity contribution in [3.8, 4) is 0 Å². The number of thioether (sulfide) groups is 1. The van der Waals surface area contributed by atoms with Crippen LogP contribution in [-0.4, -0.2) is 44.9 Å². The van der Waals surface area contributed by atoms with Crippen LogP contribution in [0.25, 0.3) is 0 Å². The highest BCUT2D eigenvalue weighted by molar-refractivity contribution is 8.00. The van der Waals surface area contributed by atoms with Gasteiger partial charge in [0.05, 0.1) is 10.2 Å². The number of hydrogen-bond donors (Lipinski definition) is 3. The Hall–Kier alpha value is -2.62. The molecule has 2 amide bonds. The van der Waals surface area contributed by atoms with Crippen LogP contribution < -0.4 is 10.6 Å². The molecule has 1 heterocycles. The molecule has 0 radical (unpaired) electrons. The van der Waals surface area contributed by atoms with E-state index >= 15 is 0 Å². The summed E-state index contributed by atoms with van der Waals surface area (Å²) in [4.78, 5) is 44.6. The monoisotopic (exact) mass is 339 g/mol. The fourth-order valence-electron chi connectivity index (χ4n) is 1.96. The third-order valence-electron chi connectivity index (χ3n) is 3.08. The summed E-state index contributed by atoms with van der Waals surface area (Å²) in [7, 11) is 0. The summed E-state index contributed by atoms with van der Waals surface area (Å²) in [5.74, 6) is -1.93. The predicted molar refractivity (Wildman–Crippen MR) is 82.2 cm³/mol. The van der Waals surface area contributed by atoms with Gasteiger partial charge in [0.1, 0.15) is 6.04 Å². The quantitative estimate of drug-likeness (QED) is 0.527. The Labute approximate surface area is 134 Å². The SMILES string of the molecule is O=C(C[C@@H]1SC[C@H](C(=O)O)NC1=O)Nc1cccc([N+](=O)[O-])c1. The number of nitro groups is 1. The van der Waals surface area contributed by atoms with Crippen molar-refractivity contribution >= 4 is 40.9 Å². The fraction of sp³-hybridized carbons (Fsp3) is 0.308. The molecule has 1 saturated heterocycles. The summed E-state index contributed by atoms with van der Waals surface area (Å²) in [6.45, 7) is 0. The largest absolute Gasteiger partial charge is 0.480 e. The molecular weight excluding hydrogens is 326 g/mol. The minimum Gasteiger partial charge on any atom is -0.480 e. The van der Waals surface area contributed by atoms with Gasteiger partial charge in [-0.25, -0.2) is 4.79 Å². The first-order chi connectivity index (χ1) is 10.9. The van der Waals surface area contributed by atoms with Gasteiger partial charge in [-0.15, -0.1) is 11.8 Å². The number of carbonyl (C=O) groups excluding carboxylic acids is 2. The number of carbonyl (C=O) groups is 3. The van der Waals surface area contributed by atoms with Crippen molar-refractivity contribution < 1.29 is 24.4 Å². The van der Waals surface area contributed by atoms with E-state index < -0.39 is 34.0 Å². The molecule has 0 unspecified atom stereocenters. The zero-order valence-electron chi connectivity index (χ0n) is 11.7. The molecule has 122 valence electrons. The van der Waals surface area contributed by atoms with Crippen LogP contribution >= 0.6 is 11.8 Å². The van der Waals surface area contributed by atoms with Crippen LogP contribution in [0, 0.1) is 10.1 Å². The van der Waals surface area contributed by atoms with Gasteiger partial charge in [0.25, 0.3) is 5.69 Å². The number of nitrogens with zero attached hydrogens (tertiary/aromatic N) is 1. The smallest absolute Gasteiger partial charge is 0.327 e. The van der Waals surface area contributed by atoms with Gasteiger partial charge in [-0.05, 0) is 6.07 Å². The summed E-state index contributed by atoms with van der Waals surface area (Å²) in [6.07, 6.45) is -0.147. The van der Waals surface area contributed by atoms with E-state index in [1.54, 1.807) is 0 Å². The van der Waals surface area contributed by atoms with Crippen LogP contribution in [0.1, 0.15) is 6.42 Å². The molecule has 1 aliphatic heterocycles. The number of aliphatic carboxylic acids is 1. The van der Waals surface area contributed by atoms with Gasteiger partial charge in [-0.3, -0.25) is 19.7 Å². The third-order valence-corrected chi connectivity index (χ3v) is 4.39. The Kier molecular flexibility index (Phi) is 5.16. The number of anilines is 1. The second-order valence-electron chi connectivity index (χ2n) is 4.78. The van der Waals surface area contributed by atoms with Gasteiger partial charge in [-0.1, -0.05) is 6.07 Å². The number of amides is 2. The molecule has 0 aromatic heterocycles. The highest BCUT2D eigenvalue weighted by Gasteiger charge is 2.33. The molecule has 2 rings (SSSR count). The molecule has 9 nitrogen and oxygen atoms in total. The average Bonchev–Trinajstić information content (AvgIpc) is 2.49. The molecule has 23 heavy (non-hydrogen) atoms. The minimum absolute atomic E-state index is 0.147. The van der Waals surface area contributed by atoms with Crippen molar-refractivity contribution in [1.29, 1.82) is 0 Å². The van der Waals surface area contributed by atoms with Crippen LogP contribution in [-0.2, 0) is 14.4 Å². The molecule has 1 aromatic carbocycles. The lowest BCUT2D eigenvalue weighted by atomic mass is 10.2. The number of nitro benzene ring substituents is 1. The van der Waals surface area contributed by atoms with Gasteiger partial charge in [0.2, 0.25) is 11.8 Å². The van der Waals surface area contributed by atoms with Crippen molar-refractivity contribution in [2.45, 2.75) is 17.7 Å². The second-order valence-corrected chi connectivity index (χ2v) is 6.02. The van der Waals surface area contributed by atoms with E-state index in [-0.39, 0.29) is 23.5 Å². The molecule has 1 aromatic rings. The van der Waals surface area contributed by atoms with Crippen molar-refractivity contribution in [3.05, 3.63) is 34.4 Å². The van der Waals surface area contributed by atoms with Crippen LogP contribution in [0.2, 0.25) is 0 Å². The molecule has 1 fully saturated rings. The van der Waals surface area contributed by atoms with Gasteiger partial charge < -0.3 is 15.7 Å². The van der Waals surface area contributed by atoms with Crippen LogP contribution in [0.4, 0.5) is 11.4 Å². The van der Waals surface area contributed by atoms with Gasteiger partial charge in [0, 0.05) is 30.0 Å². The number of nitrogens with one attached hydrogen (secondary N) is 2. The maximum atomic E-state index is 11.9. The van der Waals surface area contributed by atoms with E-state index in [1.165, 1.54) is 24.3 Å². The van der Waals surface area contributed by atoms with E-state index in [0.717, 1.165) is 11.8 Å². The molecule has 0 saturated carbocycles. The molecule has 3 N–H and O–H groups in total. The van der Waals surface area contributed by atoms with Crippen molar-refractivity contribution in [2.75, 3.05) is 11.1 Å². The number of carboxylic acids is 1. The standard InChI is InChI=1S/C13H13N3O6S/c17-11(14-7-2-1-3-8(4-7)16(21)22)5-10-12(18)15-9(6-23-10)13(19)20/h1-4,9-10H,5-6H2,(H,14,17)(H,15,18)(H,19,20)/t9-,10+/m1/s1. The minimum atomic E-state index is -1.12. The maximum absolute atomic E-state index is 11.9. The van der Waals surface area contributed by atoms with E-state index in [1.807, 2.05) is 0 Å². The molecule has 1 aliphatic rings. The maximum Gasteiger partial charge on any atom is 0.327 e. The Morgan fingerprint density at radius 3 is 2.83 bits per heavy atom. The number of benzene rings is 1. The van der Waals surface area contributed by atoms with E-state index in [9.17, 15) is 24.5 Å².